The Kier molecular flexibility index (Phi) is 4.05. The predicted octanol–water partition coefficient (Wildman–Crippen LogP) is 5.96. The molecular formula is C22H17NO2S. The zero-order valence-electron chi connectivity index (χ0n) is 14.2. The molecule has 0 bridgehead atoms. The first-order chi connectivity index (χ1) is 12.5. The van der Waals surface area contributed by atoms with Gasteiger partial charge in [-0.3, -0.25) is 0 Å². The van der Waals surface area contributed by atoms with E-state index in [0.717, 1.165) is 33.6 Å². The van der Waals surface area contributed by atoms with E-state index in [1.165, 1.54) is 9.79 Å². The largest absolute Gasteiger partial charge is 0.478 e. The van der Waals surface area contributed by atoms with Gasteiger partial charge in [-0.1, -0.05) is 48.7 Å². The van der Waals surface area contributed by atoms with Crippen molar-refractivity contribution >= 4 is 34.7 Å². The molecule has 2 N–H and O–H groups in total. The second-order valence-electron chi connectivity index (χ2n) is 6.25. The number of carbonyl (C=O) groups is 1. The zero-order chi connectivity index (χ0) is 18.3. The number of nitrogens with one attached hydrogen (secondary N) is 1. The zero-order valence-corrected chi connectivity index (χ0v) is 15.1. The maximum absolute atomic E-state index is 11.2. The Balaban J connectivity index is 1.66. The molecule has 4 heteroatoms. The van der Waals surface area contributed by atoms with Gasteiger partial charge in [-0.15, -0.1) is 0 Å². The summed E-state index contributed by atoms with van der Waals surface area (Å²) in [6.07, 6.45) is 0. The second kappa shape index (κ2) is 6.39. The van der Waals surface area contributed by atoms with Gasteiger partial charge in [-0.2, -0.15) is 0 Å². The van der Waals surface area contributed by atoms with Crippen molar-refractivity contribution in [3.8, 4) is 0 Å². The number of aryl methyl sites for hydroxylation is 1. The van der Waals surface area contributed by atoms with E-state index in [9.17, 15) is 9.90 Å². The minimum absolute atomic E-state index is 0.321. The van der Waals surface area contributed by atoms with E-state index in [1.807, 2.05) is 31.2 Å². The van der Waals surface area contributed by atoms with Gasteiger partial charge >= 0.3 is 5.97 Å². The molecule has 128 valence electrons. The number of carboxylic acids is 1. The number of anilines is 2. The van der Waals surface area contributed by atoms with Crippen molar-refractivity contribution in [3.05, 3.63) is 89.5 Å². The van der Waals surface area contributed by atoms with Crippen LogP contribution >= 0.6 is 11.8 Å². The predicted molar refractivity (Wildman–Crippen MR) is 107 cm³/mol. The minimum atomic E-state index is -0.909. The third-order valence-electron chi connectivity index (χ3n) is 4.51. The molecule has 3 aromatic carbocycles. The molecule has 0 saturated heterocycles. The van der Waals surface area contributed by atoms with E-state index in [2.05, 4.69) is 42.2 Å². The number of fused-ring (bicyclic) bond motifs is 2. The van der Waals surface area contributed by atoms with Crippen LogP contribution in [0.25, 0.3) is 5.57 Å². The Morgan fingerprint density at radius 2 is 1.65 bits per heavy atom. The molecule has 0 atom stereocenters. The highest BCUT2D eigenvalue weighted by Gasteiger charge is 2.16. The smallest absolute Gasteiger partial charge is 0.335 e. The number of hydrogen-bond donors (Lipinski definition) is 2. The van der Waals surface area contributed by atoms with Crippen LogP contribution in [0.2, 0.25) is 0 Å². The average molecular weight is 359 g/mol. The summed E-state index contributed by atoms with van der Waals surface area (Å²) in [5.41, 5.74) is 6.03. The van der Waals surface area contributed by atoms with Crippen LogP contribution in [0.3, 0.4) is 0 Å². The lowest BCUT2D eigenvalue weighted by molar-refractivity contribution is 0.0696. The molecule has 1 aliphatic rings. The SMILES string of the molecule is C=C(c1ccc(C(=O)O)c(C)c1)c1ccc2c(c1)Nc1ccccc1S2. The van der Waals surface area contributed by atoms with E-state index >= 15 is 0 Å². The number of benzene rings is 3. The van der Waals surface area contributed by atoms with Crippen molar-refractivity contribution in [1.29, 1.82) is 0 Å². The maximum Gasteiger partial charge on any atom is 0.335 e. The molecule has 0 aromatic heterocycles. The molecule has 0 unspecified atom stereocenters. The van der Waals surface area contributed by atoms with Crippen molar-refractivity contribution in [1.82, 2.24) is 0 Å². The van der Waals surface area contributed by atoms with Gasteiger partial charge in [0.25, 0.3) is 0 Å². The highest BCUT2D eigenvalue weighted by Crippen LogP contribution is 2.44. The third kappa shape index (κ3) is 2.89. The molecule has 3 aromatic rings. The Morgan fingerprint density at radius 1 is 0.962 bits per heavy atom. The monoisotopic (exact) mass is 359 g/mol. The summed E-state index contributed by atoms with van der Waals surface area (Å²) in [6.45, 7) is 6.03. The topological polar surface area (TPSA) is 49.3 Å². The standard InChI is InChI=1S/C22H17NO2S/c1-13-11-15(7-9-17(13)22(24)25)14(2)16-8-10-21-19(12-16)23-18-5-3-4-6-20(18)26-21/h3-12,23H,2H2,1H3,(H,24,25). The lowest BCUT2D eigenvalue weighted by Gasteiger charge is -2.21. The number of carboxylic acid groups (broad SMARTS) is 1. The summed E-state index contributed by atoms with van der Waals surface area (Å²) in [6, 6.07) is 19.8. The van der Waals surface area contributed by atoms with E-state index < -0.39 is 5.97 Å². The van der Waals surface area contributed by atoms with Gasteiger partial charge in [0.15, 0.2) is 0 Å². The van der Waals surface area contributed by atoms with E-state index in [0.29, 0.717) is 5.56 Å². The molecule has 0 spiro atoms. The molecule has 0 fully saturated rings. The Bertz CT molecular complexity index is 1060. The van der Waals surface area contributed by atoms with E-state index in [1.54, 1.807) is 17.8 Å². The first-order valence-corrected chi connectivity index (χ1v) is 9.06. The quantitative estimate of drug-likeness (QED) is 0.474. The number of hydrogen-bond acceptors (Lipinski definition) is 3. The Hall–Kier alpha value is -2.98. The van der Waals surface area contributed by atoms with Crippen molar-refractivity contribution in [3.63, 3.8) is 0 Å². The van der Waals surface area contributed by atoms with Crippen LogP contribution in [0, 0.1) is 6.92 Å². The van der Waals surface area contributed by atoms with E-state index in [4.69, 9.17) is 0 Å². The highest BCUT2D eigenvalue weighted by molar-refractivity contribution is 7.99. The number of rotatable bonds is 3. The minimum Gasteiger partial charge on any atom is -0.478 e. The number of aromatic carboxylic acids is 1. The summed E-state index contributed by atoms with van der Waals surface area (Å²) < 4.78 is 0. The van der Waals surface area contributed by atoms with Gasteiger partial charge in [-0.05, 0) is 59.5 Å². The summed E-state index contributed by atoms with van der Waals surface area (Å²) in [5.74, 6) is -0.909. The molecule has 0 amide bonds. The van der Waals surface area contributed by atoms with Crippen molar-refractivity contribution in [2.45, 2.75) is 16.7 Å². The van der Waals surface area contributed by atoms with Gasteiger partial charge in [0.05, 0.1) is 16.9 Å². The van der Waals surface area contributed by atoms with E-state index in [-0.39, 0.29) is 0 Å². The van der Waals surface area contributed by atoms with Gasteiger partial charge in [0.2, 0.25) is 0 Å². The summed E-state index contributed by atoms with van der Waals surface area (Å²) in [7, 11) is 0. The fourth-order valence-corrected chi connectivity index (χ4v) is 4.05. The molecule has 1 heterocycles. The van der Waals surface area contributed by atoms with Crippen LogP contribution in [0.5, 0.6) is 0 Å². The maximum atomic E-state index is 11.2. The van der Waals surface area contributed by atoms with Gasteiger partial charge < -0.3 is 10.4 Å². The summed E-state index contributed by atoms with van der Waals surface area (Å²) in [5, 5.41) is 12.7. The Labute approximate surface area is 156 Å². The molecular weight excluding hydrogens is 342 g/mol. The first-order valence-electron chi connectivity index (χ1n) is 8.24. The summed E-state index contributed by atoms with van der Waals surface area (Å²) in [4.78, 5) is 13.6. The lowest BCUT2D eigenvalue weighted by atomic mass is 9.95. The molecule has 0 radical (unpaired) electrons. The molecule has 0 saturated carbocycles. The first kappa shape index (κ1) is 16.5. The van der Waals surface area contributed by atoms with Crippen molar-refractivity contribution in [2.24, 2.45) is 0 Å². The third-order valence-corrected chi connectivity index (χ3v) is 5.66. The second-order valence-corrected chi connectivity index (χ2v) is 7.33. The van der Waals surface area contributed by atoms with Crippen molar-refractivity contribution < 1.29 is 9.90 Å². The van der Waals surface area contributed by atoms with Crippen LogP contribution in [-0.2, 0) is 0 Å². The van der Waals surface area contributed by atoms with Crippen LogP contribution in [0.15, 0.2) is 77.0 Å². The lowest BCUT2D eigenvalue weighted by Crippen LogP contribution is -2.01. The number of para-hydroxylation sites is 1. The van der Waals surface area contributed by atoms with Crippen LogP contribution in [0.1, 0.15) is 27.0 Å². The molecule has 3 nitrogen and oxygen atoms in total. The molecule has 1 aliphatic heterocycles. The average Bonchev–Trinajstić information content (AvgIpc) is 2.64. The van der Waals surface area contributed by atoms with Gasteiger partial charge in [-0.25, -0.2) is 4.79 Å². The van der Waals surface area contributed by atoms with Crippen molar-refractivity contribution in [2.75, 3.05) is 5.32 Å². The fraction of sp³-hybridized carbons (Fsp3) is 0.0455. The van der Waals surface area contributed by atoms with Crippen LogP contribution < -0.4 is 5.32 Å². The fourth-order valence-electron chi connectivity index (χ4n) is 3.08. The van der Waals surface area contributed by atoms with Crippen LogP contribution in [-0.4, -0.2) is 11.1 Å². The van der Waals surface area contributed by atoms with Crippen LogP contribution in [0.4, 0.5) is 11.4 Å². The normalized spacial score (nSPS) is 11.9. The summed E-state index contributed by atoms with van der Waals surface area (Å²) >= 11 is 1.75. The highest BCUT2D eigenvalue weighted by atomic mass is 32.2. The molecule has 0 aliphatic carbocycles. The Morgan fingerprint density at radius 3 is 2.42 bits per heavy atom. The van der Waals surface area contributed by atoms with Gasteiger partial charge in [0.1, 0.15) is 0 Å². The van der Waals surface area contributed by atoms with Gasteiger partial charge in [0, 0.05) is 9.79 Å². The molecule has 26 heavy (non-hydrogen) atoms. The molecule has 4 rings (SSSR count).